The normalized spacial score (nSPS) is 15.2. The van der Waals surface area contributed by atoms with E-state index in [0.717, 1.165) is 29.1 Å². The summed E-state index contributed by atoms with van der Waals surface area (Å²) in [6.07, 6.45) is 6.75. The highest BCUT2D eigenvalue weighted by atomic mass is 16.5. The van der Waals surface area contributed by atoms with E-state index in [1.807, 2.05) is 59.3 Å². The summed E-state index contributed by atoms with van der Waals surface area (Å²) in [6.45, 7) is 3.58. The summed E-state index contributed by atoms with van der Waals surface area (Å²) in [5.41, 5.74) is 9.29. The largest absolute Gasteiger partial charge is 0.457 e. The molecule has 0 spiro atoms. The number of likely N-dealkylation sites (N-methyl/N-ethyl adjacent to an activating group) is 1. The maximum Gasteiger partial charge on any atom is 0.264 e. The molecular formula is C48H56N12O9. The number of ether oxygens (including phenoxy) is 4. The molecule has 21 nitrogen and oxygen atoms in total. The van der Waals surface area contributed by atoms with E-state index in [1.165, 1.54) is 30.5 Å². The molecule has 0 bridgehead atoms. The number of nitrogen functional groups attached to an aromatic ring is 1. The van der Waals surface area contributed by atoms with E-state index in [4.69, 9.17) is 29.8 Å². The predicted octanol–water partition coefficient (Wildman–Crippen LogP) is 4.70. The van der Waals surface area contributed by atoms with E-state index < -0.39 is 23.8 Å². The third-order valence-corrected chi connectivity index (χ3v) is 11.4. The fourth-order valence-electron chi connectivity index (χ4n) is 8.09. The van der Waals surface area contributed by atoms with Crippen molar-refractivity contribution >= 4 is 52.5 Å². The van der Waals surface area contributed by atoms with Gasteiger partial charge >= 0.3 is 0 Å². The molecule has 7 rings (SSSR count). The molecule has 2 atom stereocenters. The van der Waals surface area contributed by atoms with Crippen molar-refractivity contribution in [1.29, 1.82) is 0 Å². The van der Waals surface area contributed by atoms with Crippen LogP contribution in [0.2, 0.25) is 0 Å². The molecule has 4 N–H and O–H groups in total. The number of likely N-dealkylation sites (tertiary alicyclic amines) is 1. The number of nitrogens with two attached hydrogens (primary N) is 1. The standard InChI is InChI=1S/C48H56N12O9/c1-50-46(63)39(14-8-24-61)59-47(64)37-12-6-13-38(41(37)48(59)65)52-20-25-66-27-29-68-30-28-67-26-23-58(56-51-2)22-19-40(62)57-21-7-9-34(31-57)60-45-42(44(49)53-32-54-45)43(55-60)33-15-17-36(18-16-33)69-35-10-4-3-5-11-35/h3-6,10-13,15-19,22,24,32,34,39,52H,7-9,14,20-21,23,25-31H2,1-2H3,(H,50,63)(H2,49,53,54)/b22-19+,56-51?. The predicted molar refractivity (Wildman–Crippen MR) is 254 cm³/mol. The Bertz CT molecular complexity index is 2630. The number of fused-ring (bicyclic) bond motifs is 2. The summed E-state index contributed by atoms with van der Waals surface area (Å²) in [7, 11) is 2.96. The molecule has 21 heteroatoms. The van der Waals surface area contributed by atoms with Crippen LogP contribution in [-0.4, -0.2) is 150 Å². The van der Waals surface area contributed by atoms with Gasteiger partial charge in [-0.1, -0.05) is 29.5 Å². The van der Waals surface area contributed by atoms with Crippen molar-refractivity contribution in [1.82, 2.24) is 39.9 Å². The first-order valence-corrected chi connectivity index (χ1v) is 22.7. The van der Waals surface area contributed by atoms with Crippen LogP contribution < -0.4 is 21.1 Å². The van der Waals surface area contributed by atoms with Crippen molar-refractivity contribution in [3.8, 4) is 22.8 Å². The van der Waals surface area contributed by atoms with Crippen LogP contribution in [0.4, 0.5) is 11.5 Å². The SMILES string of the molecule is CN=NN(/C=C/C(=O)N1CCCC(n2nc(-c3ccc(Oc4ccccc4)cc3)c3c(N)ncnc32)C1)CCOCCOCCOCCNc1cccc2c1C(=O)N(C(CCC=O)C(=O)NC)C2=O. The van der Waals surface area contributed by atoms with Crippen LogP contribution in [0.25, 0.3) is 22.3 Å². The molecule has 2 aromatic heterocycles. The van der Waals surface area contributed by atoms with Crippen molar-refractivity contribution in [2.45, 2.75) is 37.8 Å². The number of aldehydes is 1. The number of benzene rings is 3. The Morgan fingerprint density at radius 3 is 2.41 bits per heavy atom. The third kappa shape index (κ3) is 12.3. The number of imide groups is 1. The molecule has 3 aromatic carbocycles. The molecule has 1 saturated heterocycles. The molecule has 4 heterocycles. The molecule has 69 heavy (non-hydrogen) atoms. The number of piperidine rings is 1. The molecule has 4 amide bonds. The number of nitrogens with one attached hydrogen (secondary N) is 2. The van der Waals surface area contributed by atoms with Gasteiger partial charge in [0.15, 0.2) is 5.65 Å². The number of amides is 4. The fraction of sp³-hybridized carbons (Fsp3) is 0.375. The molecular weight excluding hydrogens is 889 g/mol. The number of carbonyl (C=O) groups is 5. The van der Waals surface area contributed by atoms with Crippen LogP contribution in [0.5, 0.6) is 11.5 Å². The topological polar surface area (TPSA) is 250 Å². The van der Waals surface area contributed by atoms with Gasteiger partial charge in [-0.05, 0) is 67.8 Å². The molecule has 1 fully saturated rings. The summed E-state index contributed by atoms with van der Waals surface area (Å²) in [4.78, 5) is 75.1. The van der Waals surface area contributed by atoms with Crippen LogP contribution in [0.1, 0.15) is 52.4 Å². The van der Waals surface area contributed by atoms with Crippen LogP contribution in [0.3, 0.4) is 0 Å². The highest BCUT2D eigenvalue weighted by Gasteiger charge is 2.43. The van der Waals surface area contributed by atoms with Crippen molar-refractivity contribution in [2.24, 2.45) is 10.3 Å². The van der Waals surface area contributed by atoms with Gasteiger partial charge in [0, 0.05) is 56.6 Å². The van der Waals surface area contributed by atoms with Gasteiger partial charge in [0.2, 0.25) is 11.8 Å². The summed E-state index contributed by atoms with van der Waals surface area (Å²) in [5.74, 6) is -0.142. The van der Waals surface area contributed by atoms with Gasteiger partial charge < -0.3 is 45.0 Å². The maximum atomic E-state index is 13.5. The van der Waals surface area contributed by atoms with Crippen molar-refractivity contribution < 1.29 is 42.9 Å². The number of nitrogens with zero attached hydrogens (tertiary/aromatic N) is 9. The fourth-order valence-corrected chi connectivity index (χ4v) is 8.09. The van der Waals surface area contributed by atoms with Crippen molar-refractivity contribution in [2.75, 3.05) is 91.0 Å². The average Bonchev–Trinajstić information content (AvgIpc) is 3.89. The van der Waals surface area contributed by atoms with E-state index >= 15 is 0 Å². The first-order chi connectivity index (χ1) is 33.7. The first kappa shape index (κ1) is 49.3. The summed E-state index contributed by atoms with van der Waals surface area (Å²) >= 11 is 0. The second-order valence-electron chi connectivity index (χ2n) is 15.9. The van der Waals surface area contributed by atoms with Crippen LogP contribution >= 0.6 is 0 Å². The smallest absolute Gasteiger partial charge is 0.264 e. The number of anilines is 2. The number of aromatic nitrogens is 4. The average molecular weight is 945 g/mol. The highest BCUT2D eigenvalue weighted by Crippen LogP contribution is 2.35. The lowest BCUT2D eigenvalue weighted by Crippen LogP contribution is -2.48. The number of hydrogen-bond acceptors (Lipinski definition) is 16. The van der Waals surface area contributed by atoms with Crippen molar-refractivity contribution in [3.63, 3.8) is 0 Å². The molecule has 5 aromatic rings. The van der Waals surface area contributed by atoms with Gasteiger partial charge in [-0.2, -0.15) is 10.2 Å². The second kappa shape index (κ2) is 24.4. The second-order valence-corrected chi connectivity index (χ2v) is 15.9. The summed E-state index contributed by atoms with van der Waals surface area (Å²) in [5, 5.41) is 20.8. The monoisotopic (exact) mass is 944 g/mol. The first-order valence-electron chi connectivity index (χ1n) is 22.7. The number of rotatable bonds is 25. The zero-order valence-corrected chi connectivity index (χ0v) is 38.6. The lowest BCUT2D eigenvalue weighted by molar-refractivity contribution is -0.127. The minimum absolute atomic E-state index is 0.0229. The molecule has 2 aliphatic heterocycles. The van der Waals surface area contributed by atoms with Gasteiger partial charge in [-0.25, -0.2) is 14.6 Å². The lowest BCUT2D eigenvalue weighted by atomic mass is 10.1. The molecule has 362 valence electrons. The van der Waals surface area contributed by atoms with Gasteiger partial charge in [0.25, 0.3) is 11.8 Å². The zero-order valence-electron chi connectivity index (χ0n) is 38.6. The van der Waals surface area contributed by atoms with Crippen LogP contribution in [0.15, 0.2) is 102 Å². The quantitative estimate of drug-likeness (QED) is 0.0179. The van der Waals surface area contributed by atoms with E-state index in [1.54, 1.807) is 30.3 Å². The zero-order chi connectivity index (χ0) is 48.5. The number of para-hydroxylation sites is 1. The Morgan fingerprint density at radius 2 is 1.67 bits per heavy atom. The van der Waals surface area contributed by atoms with E-state index in [2.05, 4.69) is 30.9 Å². The number of hydrogen-bond donors (Lipinski definition) is 3. The summed E-state index contributed by atoms with van der Waals surface area (Å²) < 4.78 is 24.9. The third-order valence-electron chi connectivity index (χ3n) is 11.4. The number of carbonyl (C=O) groups excluding carboxylic acids is 5. The van der Waals surface area contributed by atoms with Crippen LogP contribution in [-0.2, 0) is 28.6 Å². The Kier molecular flexibility index (Phi) is 17.4. The van der Waals surface area contributed by atoms with Gasteiger partial charge in [-0.3, -0.25) is 29.1 Å². The van der Waals surface area contributed by atoms with Gasteiger partial charge in [-0.15, -0.1) is 0 Å². The lowest BCUT2D eigenvalue weighted by Gasteiger charge is -2.32. The highest BCUT2D eigenvalue weighted by molar-refractivity contribution is 6.25. The minimum atomic E-state index is -1.10. The minimum Gasteiger partial charge on any atom is -0.457 e. The van der Waals surface area contributed by atoms with E-state index in [-0.39, 0.29) is 35.9 Å². The Hall–Kier alpha value is -7.62. The molecule has 2 unspecified atom stereocenters. The van der Waals surface area contributed by atoms with E-state index in [9.17, 15) is 24.0 Å². The molecule has 0 saturated carbocycles. The van der Waals surface area contributed by atoms with E-state index in [0.29, 0.717) is 106 Å². The van der Waals surface area contributed by atoms with Crippen LogP contribution in [0, 0.1) is 0 Å². The molecule has 0 aliphatic carbocycles. The van der Waals surface area contributed by atoms with Gasteiger partial charge in [0.1, 0.15) is 41.7 Å². The Labute approximate surface area is 398 Å². The molecule has 2 aliphatic rings. The Morgan fingerprint density at radius 1 is 0.928 bits per heavy atom. The molecule has 0 radical (unpaired) electrons. The Balaban J connectivity index is 0.809. The summed E-state index contributed by atoms with van der Waals surface area (Å²) in [6, 6.07) is 20.8. The van der Waals surface area contributed by atoms with Gasteiger partial charge in [0.05, 0.1) is 75.8 Å². The maximum absolute atomic E-state index is 13.5. The van der Waals surface area contributed by atoms with Crippen molar-refractivity contribution in [3.05, 3.63) is 103 Å².